The van der Waals surface area contributed by atoms with Crippen LogP contribution in [0, 0.1) is 19.8 Å². The predicted molar refractivity (Wildman–Crippen MR) is 63.3 cm³/mol. The highest BCUT2D eigenvalue weighted by Crippen LogP contribution is 2.40. The van der Waals surface area contributed by atoms with E-state index in [-0.39, 0.29) is 12.1 Å². The molecule has 2 rings (SSSR count). The molecule has 1 unspecified atom stereocenters. The first-order valence-electron chi connectivity index (χ1n) is 5.91. The number of aliphatic hydroxyl groups excluding tert-OH is 1. The molecule has 2 N–H and O–H groups in total. The lowest BCUT2D eigenvalue weighted by molar-refractivity contribution is 0.129. The minimum absolute atomic E-state index is 0.169. The fourth-order valence-electron chi connectivity index (χ4n) is 2.31. The van der Waals surface area contributed by atoms with Crippen LogP contribution in [0.2, 0.25) is 0 Å². The van der Waals surface area contributed by atoms with Gasteiger partial charge >= 0.3 is 0 Å². The summed E-state index contributed by atoms with van der Waals surface area (Å²) in [5.41, 5.74) is 2.09. The van der Waals surface area contributed by atoms with Crippen molar-refractivity contribution < 1.29 is 5.11 Å². The highest BCUT2D eigenvalue weighted by atomic mass is 16.3. The van der Waals surface area contributed by atoms with Crippen LogP contribution in [-0.4, -0.2) is 33.9 Å². The number of aliphatic hydroxyl groups is 1. The minimum atomic E-state index is -0.169. The Bertz CT molecular complexity index is 364. The molecule has 1 aromatic heterocycles. The van der Waals surface area contributed by atoms with E-state index in [2.05, 4.69) is 21.8 Å². The number of nitrogens with zero attached hydrogens (tertiary/aromatic N) is 2. The summed E-state index contributed by atoms with van der Waals surface area (Å²) in [4.78, 5) is 4.30. The van der Waals surface area contributed by atoms with Crippen molar-refractivity contribution in [2.45, 2.75) is 38.8 Å². The van der Waals surface area contributed by atoms with Crippen molar-refractivity contribution in [3.63, 3.8) is 0 Å². The summed E-state index contributed by atoms with van der Waals surface area (Å²) in [6.07, 6.45) is 4.30. The van der Waals surface area contributed by atoms with Gasteiger partial charge in [-0.05, 0) is 39.7 Å². The number of rotatable bonds is 5. The van der Waals surface area contributed by atoms with Crippen molar-refractivity contribution in [1.82, 2.24) is 14.9 Å². The van der Waals surface area contributed by atoms with Crippen LogP contribution in [0.15, 0.2) is 6.33 Å². The van der Waals surface area contributed by atoms with Gasteiger partial charge in [-0.15, -0.1) is 0 Å². The van der Waals surface area contributed by atoms with E-state index in [0.29, 0.717) is 5.92 Å². The van der Waals surface area contributed by atoms with E-state index in [1.165, 1.54) is 18.5 Å². The summed E-state index contributed by atoms with van der Waals surface area (Å²) in [5, 5.41) is 13.0. The second-order valence-electron chi connectivity index (χ2n) is 4.88. The first-order valence-corrected chi connectivity index (χ1v) is 5.91. The van der Waals surface area contributed by atoms with Crippen molar-refractivity contribution in [3.05, 3.63) is 17.7 Å². The van der Waals surface area contributed by atoms with E-state index in [1.807, 2.05) is 20.3 Å². The van der Waals surface area contributed by atoms with Crippen molar-refractivity contribution in [2.75, 3.05) is 13.7 Å². The number of hydrogen-bond donors (Lipinski definition) is 2. The quantitative estimate of drug-likeness (QED) is 0.778. The largest absolute Gasteiger partial charge is 0.394 e. The molecule has 90 valence electrons. The number of imidazole rings is 1. The van der Waals surface area contributed by atoms with E-state index in [9.17, 15) is 5.11 Å². The molecule has 0 spiro atoms. The molecule has 0 aromatic carbocycles. The minimum Gasteiger partial charge on any atom is -0.394 e. The molecule has 1 saturated carbocycles. The first-order chi connectivity index (χ1) is 7.63. The second kappa shape index (κ2) is 4.18. The van der Waals surface area contributed by atoms with Gasteiger partial charge in [-0.1, -0.05) is 0 Å². The fraction of sp³-hybridized carbons (Fsp3) is 0.750. The van der Waals surface area contributed by atoms with Gasteiger partial charge in [0.05, 0.1) is 24.2 Å². The molecule has 0 radical (unpaired) electrons. The number of hydrogen-bond acceptors (Lipinski definition) is 3. The zero-order chi connectivity index (χ0) is 11.8. The maximum Gasteiger partial charge on any atom is 0.0952 e. The summed E-state index contributed by atoms with van der Waals surface area (Å²) in [5.74, 6) is 0.601. The molecule has 1 fully saturated rings. The lowest BCUT2D eigenvalue weighted by atomic mass is 9.94. The Morgan fingerprint density at radius 1 is 1.56 bits per heavy atom. The normalized spacial score (nSPS) is 19.8. The van der Waals surface area contributed by atoms with Crippen LogP contribution >= 0.6 is 0 Å². The third-order valence-corrected chi connectivity index (χ3v) is 3.94. The number of likely N-dealkylation sites (N-methyl/N-ethyl adjacent to an activating group) is 1. The van der Waals surface area contributed by atoms with E-state index in [1.54, 1.807) is 0 Å². The Labute approximate surface area is 96.7 Å². The molecule has 1 aliphatic rings. The Hall–Kier alpha value is -0.870. The van der Waals surface area contributed by atoms with Crippen molar-refractivity contribution in [1.29, 1.82) is 0 Å². The molecular formula is C12H21N3O. The Morgan fingerprint density at radius 2 is 2.25 bits per heavy atom. The van der Waals surface area contributed by atoms with Gasteiger partial charge < -0.3 is 15.0 Å². The van der Waals surface area contributed by atoms with Gasteiger partial charge in [-0.3, -0.25) is 0 Å². The SMILES string of the molecule is CNC(CO)(Cn1cnc(C)c1C)C1CC1. The van der Waals surface area contributed by atoms with Gasteiger partial charge in [0.15, 0.2) is 0 Å². The van der Waals surface area contributed by atoms with Crippen LogP contribution < -0.4 is 5.32 Å². The molecule has 0 amide bonds. The van der Waals surface area contributed by atoms with Crippen molar-refractivity contribution in [2.24, 2.45) is 5.92 Å². The summed E-state index contributed by atoms with van der Waals surface area (Å²) < 4.78 is 2.14. The van der Waals surface area contributed by atoms with Crippen LogP contribution in [0.4, 0.5) is 0 Å². The average molecular weight is 223 g/mol. The molecule has 16 heavy (non-hydrogen) atoms. The Balaban J connectivity index is 2.20. The standard InChI is InChI=1S/C12H21N3O/c1-9-10(2)15(8-14-9)6-12(7-16,13-3)11-4-5-11/h8,11,13,16H,4-7H2,1-3H3. The zero-order valence-electron chi connectivity index (χ0n) is 10.3. The monoisotopic (exact) mass is 223 g/mol. The van der Waals surface area contributed by atoms with Crippen molar-refractivity contribution >= 4 is 0 Å². The summed E-state index contributed by atoms with van der Waals surface area (Å²) in [7, 11) is 1.94. The molecule has 1 aliphatic carbocycles. The molecule has 0 bridgehead atoms. The Kier molecular flexibility index (Phi) is 3.04. The topological polar surface area (TPSA) is 50.1 Å². The van der Waals surface area contributed by atoms with Gasteiger partial charge in [0.25, 0.3) is 0 Å². The molecular weight excluding hydrogens is 202 g/mol. The van der Waals surface area contributed by atoms with Gasteiger partial charge in [-0.25, -0.2) is 4.98 Å². The fourth-order valence-corrected chi connectivity index (χ4v) is 2.31. The van der Waals surface area contributed by atoms with E-state index < -0.39 is 0 Å². The average Bonchev–Trinajstić information content (AvgIpc) is 3.09. The predicted octanol–water partition coefficient (Wildman–Crippen LogP) is 0.860. The van der Waals surface area contributed by atoms with E-state index in [4.69, 9.17) is 0 Å². The molecule has 4 heteroatoms. The van der Waals surface area contributed by atoms with Crippen LogP contribution in [-0.2, 0) is 6.54 Å². The zero-order valence-corrected chi connectivity index (χ0v) is 10.3. The van der Waals surface area contributed by atoms with Crippen LogP contribution in [0.1, 0.15) is 24.2 Å². The molecule has 0 aliphatic heterocycles. The molecule has 1 heterocycles. The highest BCUT2D eigenvalue weighted by Gasteiger charge is 2.44. The van der Waals surface area contributed by atoms with Crippen molar-refractivity contribution in [3.8, 4) is 0 Å². The molecule has 1 aromatic rings. The summed E-state index contributed by atoms with van der Waals surface area (Å²) in [6, 6.07) is 0. The smallest absolute Gasteiger partial charge is 0.0952 e. The van der Waals surface area contributed by atoms with Crippen LogP contribution in [0.25, 0.3) is 0 Å². The third kappa shape index (κ3) is 1.87. The van der Waals surface area contributed by atoms with Gasteiger partial charge in [0, 0.05) is 12.2 Å². The maximum atomic E-state index is 9.65. The summed E-state index contributed by atoms with van der Waals surface area (Å²) in [6.45, 7) is 5.08. The maximum absolute atomic E-state index is 9.65. The number of aromatic nitrogens is 2. The van der Waals surface area contributed by atoms with Crippen LogP contribution in [0.3, 0.4) is 0 Å². The van der Waals surface area contributed by atoms with Gasteiger partial charge in [0.1, 0.15) is 0 Å². The molecule has 4 nitrogen and oxygen atoms in total. The Morgan fingerprint density at radius 3 is 2.62 bits per heavy atom. The lowest BCUT2D eigenvalue weighted by Crippen LogP contribution is -2.52. The number of aryl methyl sites for hydroxylation is 1. The lowest BCUT2D eigenvalue weighted by Gasteiger charge is -2.32. The first kappa shape index (κ1) is 11.6. The van der Waals surface area contributed by atoms with E-state index >= 15 is 0 Å². The molecule has 1 atom stereocenters. The second-order valence-corrected chi connectivity index (χ2v) is 4.88. The molecule has 0 saturated heterocycles. The van der Waals surface area contributed by atoms with E-state index in [0.717, 1.165) is 12.2 Å². The third-order valence-electron chi connectivity index (χ3n) is 3.94. The van der Waals surface area contributed by atoms with Gasteiger partial charge in [0.2, 0.25) is 0 Å². The number of nitrogens with one attached hydrogen (secondary N) is 1. The van der Waals surface area contributed by atoms with Crippen LogP contribution in [0.5, 0.6) is 0 Å². The van der Waals surface area contributed by atoms with Gasteiger partial charge in [-0.2, -0.15) is 0 Å². The summed E-state index contributed by atoms with van der Waals surface area (Å²) >= 11 is 0. The highest BCUT2D eigenvalue weighted by molar-refractivity contribution is 5.11.